The first kappa shape index (κ1) is 28.9. The second-order valence-electron chi connectivity index (χ2n) is 6.08. The quantitative estimate of drug-likeness (QED) is 0.480. The van der Waals surface area contributed by atoms with E-state index in [2.05, 4.69) is 42.6 Å². The van der Waals surface area contributed by atoms with Crippen LogP contribution in [0.5, 0.6) is 0 Å². The van der Waals surface area contributed by atoms with Crippen LogP contribution in [0.1, 0.15) is 65.5 Å². The topological polar surface area (TPSA) is 81.1 Å². The van der Waals surface area contributed by atoms with E-state index in [9.17, 15) is 4.79 Å². The summed E-state index contributed by atoms with van der Waals surface area (Å²) >= 11 is 0. The normalized spacial score (nSPS) is 12.4. The third-order valence-corrected chi connectivity index (χ3v) is 4.23. The van der Waals surface area contributed by atoms with Crippen LogP contribution < -0.4 is 16.8 Å². The van der Waals surface area contributed by atoms with Crippen molar-refractivity contribution in [1.29, 1.82) is 0 Å². The Morgan fingerprint density at radius 1 is 1.07 bits per heavy atom. The number of hydrogen-bond acceptors (Lipinski definition) is 4. The van der Waals surface area contributed by atoms with Crippen molar-refractivity contribution in [3.8, 4) is 0 Å². The van der Waals surface area contributed by atoms with Gasteiger partial charge in [0, 0.05) is 31.8 Å². The van der Waals surface area contributed by atoms with Crippen molar-refractivity contribution in [2.45, 2.75) is 73.3 Å². The smallest absolute Gasteiger partial charge is 0.154 e. The summed E-state index contributed by atoms with van der Waals surface area (Å²) in [7, 11) is 1.77. The summed E-state index contributed by atoms with van der Waals surface area (Å²) in [4.78, 5) is 12.3. The van der Waals surface area contributed by atoms with E-state index in [0.717, 1.165) is 24.1 Å². The van der Waals surface area contributed by atoms with Gasteiger partial charge in [-0.25, -0.2) is 0 Å². The minimum Gasteiger partial charge on any atom is -0.403 e. The Morgan fingerprint density at radius 2 is 1.62 bits per heavy atom. The van der Waals surface area contributed by atoms with E-state index in [-0.39, 0.29) is 5.78 Å². The largest absolute Gasteiger partial charge is 0.403 e. The lowest BCUT2D eigenvalue weighted by atomic mass is 9.98. The summed E-state index contributed by atoms with van der Waals surface area (Å²) in [6, 6.07) is 7.68. The van der Waals surface area contributed by atoms with E-state index < -0.39 is 6.04 Å². The average Bonchev–Trinajstić information content (AvgIpc) is 2.78. The number of hydrogen-bond donors (Lipinski definition) is 3. The van der Waals surface area contributed by atoms with Crippen molar-refractivity contribution >= 4 is 5.78 Å². The van der Waals surface area contributed by atoms with E-state index in [4.69, 9.17) is 11.5 Å². The highest BCUT2D eigenvalue weighted by Gasteiger charge is 2.15. The lowest BCUT2D eigenvalue weighted by molar-refractivity contribution is -0.119. The Hall–Kier alpha value is -2.33. The maximum atomic E-state index is 12.3. The molecular weight excluding hydrogens is 358 g/mol. The van der Waals surface area contributed by atoms with Crippen LogP contribution in [0.4, 0.5) is 0 Å². The van der Waals surface area contributed by atoms with E-state index in [1.165, 1.54) is 17.3 Å². The predicted molar refractivity (Wildman–Crippen MR) is 129 cm³/mol. The van der Waals surface area contributed by atoms with Gasteiger partial charge in [0.2, 0.25) is 0 Å². The molecule has 1 aromatic rings. The summed E-state index contributed by atoms with van der Waals surface area (Å²) in [5.74, 6) is 0.0200. The molecule has 1 atom stereocenters. The molecule has 5 N–H and O–H groups in total. The maximum absolute atomic E-state index is 12.3. The van der Waals surface area contributed by atoms with Gasteiger partial charge in [-0.05, 0) is 37.8 Å². The van der Waals surface area contributed by atoms with Crippen molar-refractivity contribution in [1.82, 2.24) is 5.32 Å². The van der Waals surface area contributed by atoms with Crippen molar-refractivity contribution in [2.24, 2.45) is 11.5 Å². The van der Waals surface area contributed by atoms with Crippen LogP contribution in [-0.2, 0) is 17.6 Å². The van der Waals surface area contributed by atoms with Gasteiger partial charge < -0.3 is 16.8 Å². The molecule has 0 radical (unpaired) electrons. The molecule has 29 heavy (non-hydrogen) atoms. The molecule has 0 heterocycles. The molecule has 0 aliphatic carbocycles. The van der Waals surface area contributed by atoms with Crippen LogP contribution in [0.2, 0.25) is 0 Å². The van der Waals surface area contributed by atoms with Crippen molar-refractivity contribution in [3.05, 3.63) is 71.1 Å². The number of Topliss-reactive ketones (excluding diaryl/α,β-unsaturated/α-hetero) is 1. The zero-order valence-electron chi connectivity index (χ0n) is 19.6. The number of nitrogens with one attached hydrogen (secondary N) is 1. The lowest BCUT2D eigenvalue weighted by Crippen LogP contribution is -2.34. The number of carbonyl (C=O) groups excluding carboxylic acids is 1. The molecule has 1 rings (SSSR count). The summed E-state index contributed by atoms with van der Waals surface area (Å²) < 4.78 is 0. The molecule has 1 aromatic carbocycles. The van der Waals surface area contributed by atoms with E-state index in [1.807, 2.05) is 46.8 Å². The monoisotopic (exact) mass is 401 g/mol. The fraction of sp³-hybridized carbons (Fsp3) is 0.480. The fourth-order valence-electron chi connectivity index (χ4n) is 2.59. The number of rotatable bonds is 10. The van der Waals surface area contributed by atoms with Crippen LogP contribution in [0, 0.1) is 0 Å². The minimum atomic E-state index is -0.542. The summed E-state index contributed by atoms with van der Waals surface area (Å²) in [6.45, 7) is 12.1. The predicted octanol–water partition coefficient (Wildman–Crippen LogP) is 5.04. The summed E-state index contributed by atoms with van der Waals surface area (Å²) in [6.07, 6.45) is 10.6. The number of nitrogens with two attached hydrogens (primary N) is 2. The van der Waals surface area contributed by atoms with Gasteiger partial charge in [0.25, 0.3) is 0 Å². The Morgan fingerprint density at radius 3 is 2.07 bits per heavy atom. The Labute approximate surface area is 179 Å². The molecule has 0 saturated heterocycles. The van der Waals surface area contributed by atoms with Gasteiger partial charge in [-0.1, -0.05) is 75.8 Å². The van der Waals surface area contributed by atoms with Gasteiger partial charge in [-0.2, -0.15) is 0 Å². The molecule has 0 saturated carbocycles. The standard InChI is InChI=1S/C21H31N3O.2C2H6/c1-4-6-16(5-2)7-8-17-9-11-18(12-10-17)13-21(25)20(23)14-19(15-22)24-3;2*1-2/h4-6,9-12,15,20,24H,7-8,13-14,22-23H2,1-3H3;2*1-2H3/b6-4-,16-5+,19-15-;;. The number of benzene rings is 1. The van der Waals surface area contributed by atoms with Gasteiger partial charge in [0.05, 0.1) is 6.04 Å². The second kappa shape index (κ2) is 19.0. The first-order valence-electron chi connectivity index (χ1n) is 10.8. The first-order chi connectivity index (χ1) is 14.0. The molecule has 0 fully saturated rings. The molecule has 164 valence electrons. The maximum Gasteiger partial charge on any atom is 0.154 e. The molecule has 1 unspecified atom stereocenters. The number of carbonyl (C=O) groups is 1. The molecule has 4 nitrogen and oxygen atoms in total. The molecule has 0 spiro atoms. The minimum absolute atomic E-state index is 0.0200. The Balaban J connectivity index is 0. The van der Waals surface area contributed by atoms with Crippen LogP contribution >= 0.6 is 0 Å². The van der Waals surface area contributed by atoms with E-state index in [1.54, 1.807) is 7.05 Å². The first-order valence-corrected chi connectivity index (χ1v) is 10.8. The van der Waals surface area contributed by atoms with Crippen molar-refractivity contribution in [2.75, 3.05) is 7.05 Å². The fourth-order valence-corrected chi connectivity index (χ4v) is 2.59. The van der Waals surface area contributed by atoms with Crippen LogP contribution in [0.15, 0.2) is 60.0 Å². The Bertz CT molecular complexity index is 628. The molecule has 0 aromatic heterocycles. The van der Waals surface area contributed by atoms with Crippen LogP contribution in [0.3, 0.4) is 0 Å². The van der Waals surface area contributed by atoms with Gasteiger partial charge in [0.15, 0.2) is 5.78 Å². The molecule has 0 amide bonds. The average molecular weight is 402 g/mol. The summed E-state index contributed by atoms with van der Waals surface area (Å²) in [5, 5.41) is 2.94. The zero-order chi connectivity index (χ0) is 22.7. The van der Waals surface area contributed by atoms with E-state index in [0.29, 0.717) is 12.8 Å². The van der Waals surface area contributed by atoms with Gasteiger partial charge >= 0.3 is 0 Å². The van der Waals surface area contributed by atoms with Crippen LogP contribution in [-0.4, -0.2) is 18.9 Å². The second-order valence-corrected chi connectivity index (χ2v) is 6.08. The number of aryl methyl sites for hydroxylation is 1. The lowest BCUT2D eigenvalue weighted by Gasteiger charge is -2.13. The highest BCUT2D eigenvalue weighted by molar-refractivity contribution is 5.86. The van der Waals surface area contributed by atoms with Gasteiger partial charge in [-0.3, -0.25) is 4.79 Å². The van der Waals surface area contributed by atoms with Gasteiger partial charge in [0.1, 0.15) is 0 Å². The number of allylic oxidation sites excluding steroid dienone is 4. The molecule has 4 heteroatoms. The summed E-state index contributed by atoms with van der Waals surface area (Å²) in [5.41, 5.74) is 15.8. The highest BCUT2D eigenvalue weighted by Crippen LogP contribution is 2.13. The van der Waals surface area contributed by atoms with Crippen LogP contribution in [0.25, 0.3) is 0 Å². The molecule has 0 aliphatic heterocycles. The van der Waals surface area contributed by atoms with Crippen molar-refractivity contribution < 1.29 is 4.79 Å². The third kappa shape index (κ3) is 12.7. The number of ketones is 1. The highest BCUT2D eigenvalue weighted by atomic mass is 16.1. The van der Waals surface area contributed by atoms with E-state index >= 15 is 0 Å². The molecular formula is C25H43N3O. The molecule has 0 aliphatic rings. The molecule has 0 bridgehead atoms. The SMILES string of the molecule is C/C=C\C(=C/C)CCc1ccc(CC(=O)C(N)C/C(=C/N)NC)cc1.CC.CC. The van der Waals surface area contributed by atoms with Crippen molar-refractivity contribution in [3.63, 3.8) is 0 Å². The third-order valence-electron chi connectivity index (χ3n) is 4.23. The zero-order valence-corrected chi connectivity index (χ0v) is 19.6. The van der Waals surface area contributed by atoms with Gasteiger partial charge in [-0.15, -0.1) is 0 Å². The Kier molecular flexibility index (Phi) is 18.9.